The Kier molecular flexibility index (Phi) is 3.04. The molecule has 0 fully saturated rings. The fourth-order valence-electron chi connectivity index (χ4n) is 1.02. The lowest BCUT2D eigenvalue weighted by Crippen LogP contribution is -2.09. The van der Waals surface area contributed by atoms with E-state index in [-0.39, 0.29) is 0 Å². The van der Waals surface area contributed by atoms with Crippen LogP contribution in [0.2, 0.25) is 0 Å². The third-order valence-electron chi connectivity index (χ3n) is 1.81. The molecule has 0 radical (unpaired) electrons. The van der Waals surface area contributed by atoms with Crippen molar-refractivity contribution in [2.24, 2.45) is 0 Å². The highest BCUT2D eigenvalue weighted by atomic mass is 32.2. The zero-order chi connectivity index (χ0) is 9.14. The predicted octanol–water partition coefficient (Wildman–Crippen LogP) is 1.99. The summed E-state index contributed by atoms with van der Waals surface area (Å²) in [6.45, 7) is 0. The molecule has 0 amide bonds. The second kappa shape index (κ2) is 3.85. The van der Waals surface area contributed by atoms with Crippen molar-refractivity contribution in [3.8, 4) is 0 Å². The molecule has 0 saturated heterocycles. The molecule has 1 aromatic rings. The second-order valence-corrected chi connectivity index (χ2v) is 5.31. The van der Waals surface area contributed by atoms with E-state index in [9.17, 15) is 0 Å². The Labute approximate surface area is 77.7 Å². The maximum Gasteiger partial charge on any atom is 0.156 e. The van der Waals surface area contributed by atoms with Crippen molar-refractivity contribution in [2.75, 3.05) is 31.5 Å². The summed E-state index contributed by atoms with van der Waals surface area (Å²) in [5, 5.41) is 0. The maximum atomic E-state index is 2.25. The van der Waals surface area contributed by atoms with Crippen LogP contribution < -0.4 is 4.90 Å². The van der Waals surface area contributed by atoms with Gasteiger partial charge < -0.3 is 4.90 Å². The molecular weight excluding hydrogens is 166 g/mol. The van der Waals surface area contributed by atoms with Crippen molar-refractivity contribution in [1.29, 1.82) is 0 Å². The van der Waals surface area contributed by atoms with Gasteiger partial charge in [0.1, 0.15) is 12.5 Å². The number of nitrogens with zero attached hydrogens (tertiary/aromatic N) is 1. The van der Waals surface area contributed by atoms with Gasteiger partial charge in [0, 0.05) is 36.7 Å². The Balaban J connectivity index is 2.96. The summed E-state index contributed by atoms with van der Waals surface area (Å²) in [6, 6.07) is 8.70. The van der Waals surface area contributed by atoms with Crippen LogP contribution in [0.5, 0.6) is 0 Å². The molecule has 0 aromatic heterocycles. The molecule has 1 aromatic carbocycles. The van der Waals surface area contributed by atoms with Crippen LogP contribution in [0.3, 0.4) is 0 Å². The summed E-state index contributed by atoms with van der Waals surface area (Å²) in [7, 11) is 4.51. The molecule has 0 saturated carbocycles. The quantitative estimate of drug-likeness (QED) is 0.632. The Hall–Kier alpha value is -0.630. The molecule has 0 aliphatic heterocycles. The first-order valence-electron chi connectivity index (χ1n) is 3.96. The lowest BCUT2D eigenvalue weighted by atomic mass is 10.3. The molecule has 0 heterocycles. The molecule has 1 rings (SSSR count). The van der Waals surface area contributed by atoms with Crippen LogP contribution in [-0.2, 0) is 10.9 Å². The highest BCUT2D eigenvalue weighted by Crippen LogP contribution is 2.17. The van der Waals surface area contributed by atoms with E-state index < -0.39 is 0 Å². The van der Waals surface area contributed by atoms with Gasteiger partial charge in [-0.2, -0.15) is 0 Å². The van der Waals surface area contributed by atoms with E-state index in [1.807, 2.05) is 0 Å². The highest BCUT2D eigenvalue weighted by molar-refractivity contribution is 7.95. The Morgan fingerprint density at radius 3 is 2.33 bits per heavy atom. The van der Waals surface area contributed by atoms with E-state index in [1.54, 1.807) is 0 Å². The SMILES string of the molecule is CN(C)c1cccc([S+](C)C)c1. The lowest BCUT2D eigenvalue weighted by Gasteiger charge is -2.11. The minimum Gasteiger partial charge on any atom is -0.378 e. The van der Waals surface area contributed by atoms with Gasteiger partial charge in [0.2, 0.25) is 0 Å². The van der Waals surface area contributed by atoms with E-state index in [2.05, 4.69) is 55.8 Å². The van der Waals surface area contributed by atoms with E-state index in [4.69, 9.17) is 0 Å². The topological polar surface area (TPSA) is 3.24 Å². The maximum absolute atomic E-state index is 2.25. The number of rotatable bonds is 2. The number of hydrogen-bond acceptors (Lipinski definition) is 1. The van der Waals surface area contributed by atoms with Gasteiger partial charge in [-0.05, 0) is 12.1 Å². The normalized spacial score (nSPS) is 10.4. The lowest BCUT2D eigenvalue weighted by molar-refractivity contribution is 1.12. The Morgan fingerprint density at radius 1 is 1.17 bits per heavy atom. The van der Waals surface area contributed by atoms with Gasteiger partial charge in [-0.25, -0.2) is 0 Å². The molecule has 2 heteroatoms. The van der Waals surface area contributed by atoms with E-state index >= 15 is 0 Å². The van der Waals surface area contributed by atoms with Crippen LogP contribution in [0.15, 0.2) is 29.2 Å². The van der Waals surface area contributed by atoms with Crippen molar-refractivity contribution < 1.29 is 0 Å². The Bertz CT molecular complexity index is 233. The van der Waals surface area contributed by atoms with Crippen LogP contribution in [0.1, 0.15) is 0 Å². The third kappa shape index (κ3) is 2.18. The average Bonchev–Trinajstić information content (AvgIpc) is 2.04. The highest BCUT2D eigenvalue weighted by Gasteiger charge is 2.08. The number of hydrogen-bond donors (Lipinski definition) is 0. The van der Waals surface area contributed by atoms with Crippen molar-refractivity contribution in [3.63, 3.8) is 0 Å². The minimum atomic E-state index is 0.368. The fraction of sp³-hybridized carbons (Fsp3) is 0.400. The first kappa shape index (κ1) is 9.46. The van der Waals surface area contributed by atoms with E-state index in [0.29, 0.717) is 10.9 Å². The molecule has 0 aliphatic rings. The summed E-state index contributed by atoms with van der Waals surface area (Å²) in [5.41, 5.74) is 1.29. The fourth-order valence-corrected chi connectivity index (χ4v) is 1.72. The molecule has 0 atom stereocenters. The molecule has 0 N–H and O–H groups in total. The molecule has 66 valence electrons. The average molecular weight is 182 g/mol. The summed E-state index contributed by atoms with van der Waals surface area (Å²) in [6.07, 6.45) is 4.49. The summed E-state index contributed by atoms with van der Waals surface area (Å²) in [4.78, 5) is 3.57. The first-order chi connectivity index (χ1) is 5.61. The van der Waals surface area contributed by atoms with Gasteiger partial charge in [0.15, 0.2) is 4.90 Å². The molecule has 0 unspecified atom stereocenters. The molecular formula is C10H16NS+. The monoisotopic (exact) mass is 182 g/mol. The van der Waals surface area contributed by atoms with Crippen molar-refractivity contribution in [3.05, 3.63) is 24.3 Å². The van der Waals surface area contributed by atoms with Crippen molar-refractivity contribution in [1.82, 2.24) is 0 Å². The second-order valence-electron chi connectivity index (χ2n) is 3.21. The van der Waals surface area contributed by atoms with Crippen LogP contribution in [0.25, 0.3) is 0 Å². The van der Waals surface area contributed by atoms with Crippen LogP contribution in [-0.4, -0.2) is 26.6 Å². The molecule has 0 aliphatic carbocycles. The summed E-state index contributed by atoms with van der Waals surface area (Å²) < 4.78 is 0. The largest absolute Gasteiger partial charge is 0.378 e. The third-order valence-corrected chi connectivity index (χ3v) is 3.00. The summed E-state index contributed by atoms with van der Waals surface area (Å²) in [5.74, 6) is 0. The number of anilines is 1. The molecule has 12 heavy (non-hydrogen) atoms. The molecule has 0 spiro atoms. The van der Waals surface area contributed by atoms with Crippen molar-refractivity contribution >= 4 is 16.6 Å². The van der Waals surface area contributed by atoms with Crippen LogP contribution in [0, 0.1) is 0 Å². The summed E-state index contributed by atoms with van der Waals surface area (Å²) >= 11 is 0. The van der Waals surface area contributed by atoms with Gasteiger partial charge in [-0.15, -0.1) is 0 Å². The zero-order valence-corrected chi connectivity index (χ0v) is 8.98. The predicted molar refractivity (Wildman–Crippen MR) is 58.2 cm³/mol. The van der Waals surface area contributed by atoms with E-state index in [1.165, 1.54) is 10.6 Å². The number of benzene rings is 1. The van der Waals surface area contributed by atoms with Gasteiger partial charge in [0.05, 0.1) is 0 Å². The van der Waals surface area contributed by atoms with E-state index in [0.717, 1.165) is 0 Å². The zero-order valence-electron chi connectivity index (χ0n) is 8.16. The van der Waals surface area contributed by atoms with Crippen molar-refractivity contribution in [2.45, 2.75) is 4.90 Å². The van der Waals surface area contributed by atoms with Gasteiger partial charge >= 0.3 is 0 Å². The van der Waals surface area contributed by atoms with Crippen LogP contribution in [0.4, 0.5) is 5.69 Å². The van der Waals surface area contributed by atoms with Crippen LogP contribution >= 0.6 is 0 Å². The van der Waals surface area contributed by atoms with Gasteiger partial charge in [-0.1, -0.05) is 6.07 Å². The molecule has 1 nitrogen and oxygen atoms in total. The van der Waals surface area contributed by atoms with Gasteiger partial charge in [-0.3, -0.25) is 0 Å². The smallest absolute Gasteiger partial charge is 0.156 e. The standard InChI is InChI=1S/C10H16NS/c1-11(2)9-6-5-7-10(8-9)12(3)4/h5-8H,1-4H3/q+1. The minimum absolute atomic E-state index is 0.368. The Morgan fingerprint density at radius 2 is 1.83 bits per heavy atom. The van der Waals surface area contributed by atoms with Gasteiger partial charge in [0.25, 0.3) is 0 Å². The molecule has 0 bridgehead atoms. The first-order valence-corrected chi connectivity index (χ1v) is 6.00.